The molecule has 0 unspecified atom stereocenters. The molecule has 1 aromatic heterocycles. The normalized spacial score (nSPS) is 10.6. The molecule has 0 aliphatic carbocycles. The first-order valence-corrected chi connectivity index (χ1v) is 11.0. The van der Waals surface area contributed by atoms with Crippen LogP contribution in [0.4, 0.5) is 5.00 Å². The second-order valence-electron chi connectivity index (χ2n) is 6.62. The van der Waals surface area contributed by atoms with Crippen molar-refractivity contribution in [2.45, 2.75) is 13.3 Å². The van der Waals surface area contributed by atoms with Gasteiger partial charge in [-0.15, -0.1) is 11.3 Å². The van der Waals surface area contributed by atoms with Gasteiger partial charge in [0.15, 0.2) is 6.54 Å². The van der Waals surface area contributed by atoms with Gasteiger partial charge in [-0.25, -0.2) is 4.79 Å². The van der Waals surface area contributed by atoms with Crippen molar-refractivity contribution >= 4 is 39.8 Å². The number of ether oxygens (including phenoxy) is 1. The van der Waals surface area contributed by atoms with Crippen LogP contribution in [0.1, 0.15) is 22.8 Å². The third kappa shape index (κ3) is 5.69. The largest absolute Gasteiger partial charge is 0.462 e. The Morgan fingerprint density at radius 1 is 1.07 bits per heavy atom. The number of hydrogen-bond acceptors (Lipinski definition) is 4. The highest BCUT2D eigenvalue weighted by Crippen LogP contribution is 2.39. The molecule has 0 radical (unpaired) electrons. The third-order valence-electron chi connectivity index (χ3n) is 4.50. The lowest BCUT2D eigenvalue weighted by Crippen LogP contribution is -2.86. The Morgan fingerprint density at radius 3 is 2.53 bits per heavy atom. The SMILES string of the molecule is CCOC(=O)c1c(-c2ccccc2Cl)csc1NC(=O)C[NH2+]CCc1ccccc1. The summed E-state index contributed by atoms with van der Waals surface area (Å²) in [6.07, 6.45) is 0.887. The number of esters is 1. The molecule has 0 saturated carbocycles. The zero-order valence-electron chi connectivity index (χ0n) is 16.7. The van der Waals surface area contributed by atoms with Crippen LogP contribution in [0.3, 0.4) is 0 Å². The van der Waals surface area contributed by atoms with E-state index < -0.39 is 5.97 Å². The van der Waals surface area contributed by atoms with Gasteiger partial charge in [0.05, 0.1) is 13.2 Å². The molecular formula is C23H24ClN2O3S+. The first-order valence-electron chi connectivity index (χ1n) is 9.79. The van der Waals surface area contributed by atoms with Gasteiger partial charge in [0, 0.05) is 28.0 Å². The number of halogens is 1. The average Bonchev–Trinajstić information content (AvgIpc) is 3.16. The average molecular weight is 444 g/mol. The Hall–Kier alpha value is -2.67. The maximum absolute atomic E-state index is 12.6. The summed E-state index contributed by atoms with van der Waals surface area (Å²) in [6, 6.07) is 17.4. The maximum atomic E-state index is 12.6. The summed E-state index contributed by atoms with van der Waals surface area (Å²) in [5.41, 5.74) is 2.97. The summed E-state index contributed by atoms with van der Waals surface area (Å²) in [5.74, 6) is -0.641. The number of thiophene rings is 1. The molecule has 0 spiro atoms. The molecule has 0 aliphatic heterocycles. The minimum absolute atomic E-state index is 0.166. The molecule has 0 aliphatic rings. The standard InChI is InChI=1S/C23H23ClN2O3S/c1-2-29-23(28)21-18(17-10-6-7-11-19(17)24)15-30-22(21)26-20(27)14-25-13-12-16-8-4-3-5-9-16/h3-11,15,25H,2,12-14H2,1H3,(H,26,27)/p+1. The molecule has 0 fully saturated rings. The van der Waals surface area contributed by atoms with Gasteiger partial charge in [0.2, 0.25) is 0 Å². The second-order valence-corrected chi connectivity index (χ2v) is 7.91. The zero-order valence-corrected chi connectivity index (χ0v) is 18.3. The van der Waals surface area contributed by atoms with Crippen LogP contribution in [-0.2, 0) is 16.0 Å². The number of rotatable bonds is 9. The van der Waals surface area contributed by atoms with Gasteiger partial charge in [-0.1, -0.05) is 60.1 Å². The van der Waals surface area contributed by atoms with E-state index >= 15 is 0 Å². The lowest BCUT2D eigenvalue weighted by atomic mass is 10.0. The molecule has 3 aromatic rings. The monoisotopic (exact) mass is 443 g/mol. The minimum atomic E-state index is -0.475. The van der Waals surface area contributed by atoms with Crippen molar-refractivity contribution < 1.29 is 19.6 Å². The summed E-state index contributed by atoms with van der Waals surface area (Å²) < 4.78 is 5.22. The molecule has 1 amide bonds. The molecule has 3 N–H and O–H groups in total. The molecule has 0 atom stereocenters. The summed E-state index contributed by atoms with van der Waals surface area (Å²) in [6.45, 7) is 3.07. The predicted octanol–water partition coefficient (Wildman–Crippen LogP) is 3.99. The number of carbonyl (C=O) groups is 2. The molecule has 2 aromatic carbocycles. The minimum Gasteiger partial charge on any atom is -0.462 e. The fraction of sp³-hybridized carbons (Fsp3) is 0.217. The quantitative estimate of drug-likeness (QED) is 0.388. The van der Waals surface area contributed by atoms with Crippen LogP contribution in [0.15, 0.2) is 60.0 Å². The number of benzene rings is 2. The number of amides is 1. The van der Waals surface area contributed by atoms with Crippen molar-refractivity contribution in [1.29, 1.82) is 0 Å². The number of hydrogen-bond donors (Lipinski definition) is 2. The van der Waals surface area contributed by atoms with Gasteiger partial charge in [-0.05, 0) is 18.6 Å². The smallest absolute Gasteiger partial charge is 0.341 e. The van der Waals surface area contributed by atoms with Crippen molar-refractivity contribution in [1.82, 2.24) is 0 Å². The van der Waals surface area contributed by atoms with Gasteiger partial charge in [0.1, 0.15) is 10.6 Å². The fourth-order valence-corrected chi connectivity index (χ4v) is 4.26. The van der Waals surface area contributed by atoms with Crippen molar-refractivity contribution in [3.05, 3.63) is 76.1 Å². The number of anilines is 1. The van der Waals surface area contributed by atoms with Crippen molar-refractivity contribution in [2.24, 2.45) is 0 Å². The van der Waals surface area contributed by atoms with Crippen molar-refractivity contribution in [2.75, 3.05) is 25.0 Å². The Morgan fingerprint density at radius 2 is 1.80 bits per heavy atom. The first kappa shape index (κ1) is 22.0. The first-order chi connectivity index (χ1) is 14.6. The van der Waals surface area contributed by atoms with Crippen molar-refractivity contribution in [3.8, 4) is 11.1 Å². The molecular weight excluding hydrogens is 420 g/mol. The van der Waals surface area contributed by atoms with E-state index in [4.69, 9.17) is 16.3 Å². The Balaban J connectivity index is 1.68. The molecule has 7 heteroatoms. The van der Waals surface area contributed by atoms with Crippen LogP contribution in [0.2, 0.25) is 5.02 Å². The van der Waals surface area contributed by atoms with Crippen LogP contribution < -0.4 is 10.6 Å². The van der Waals surface area contributed by atoms with E-state index in [1.807, 2.05) is 47.1 Å². The molecule has 1 heterocycles. The lowest BCUT2D eigenvalue weighted by molar-refractivity contribution is -0.643. The summed E-state index contributed by atoms with van der Waals surface area (Å²) in [5, 5.41) is 7.65. The van der Waals surface area contributed by atoms with E-state index in [-0.39, 0.29) is 19.1 Å². The van der Waals surface area contributed by atoms with Crippen molar-refractivity contribution in [3.63, 3.8) is 0 Å². The lowest BCUT2D eigenvalue weighted by Gasteiger charge is -2.09. The van der Waals surface area contributed by atoms with Gasteiger partial charge >= 0.3 is 5.97 Å². The van der Waals surface area contributed by atoms with E-state index in [1.165, 1.54) is 16.9 Å². The summed E-state index contributed by atoms with van der Waals surface area (Å²) in [4.78, 5) is 25.1. The van der Waals surface area contributed by atoms with Gasteiger partial charge in [-0.3, -0.25) is 4.79 Å². The maximum Gasteiger partial charge on any atom is 0.341 e. The Bertz CT molecular complexity index is 1000. The topological polar surface area (TPSA) is 72.0 Å². The van der Waals surface area contributed by atoms with E-state index in [0.29, 0.717) is 21.2 Å². The number of quaternary nitrogens is 1. The highest BCUT2D eigenvalue weighted by molar-refractivity contribution is 7.15. The summed E-state index contributed by atoms with van der Waals surface area (Å²) >= 11 is 7.62. The van der Waals surface area contributed by atoms with Crippen LogP contribution in [0.25, 0.3) is 11.1 Å². The Kier molecular flexibility index (Phi) is 8.02. The van der Waals surface area contributed by atoms with Gasteiger partial charge < -0.3 is 15.4 Å². The van der Waals surface area contributed by atoms with Crippen LogP contribution in [-0.4, -0.2) is 31.6 Å². The second kappa shape index (κ2) is 10.9. The molecule has 0 saturated heterocycles. The molecule has 30 heavy (non-hydrogen) atoms. The molecule has 0 bridgehead atoms. The van der Waals surface area contributed by atoms with E-state index in [1.54, 1.807) is 13.0 Å². The van der Waals surface area contributed by atoms with Crippen LogP contribution >= 0.6 is 22.9 Å². The predicted molar refractivity (Wildman–Crippen MR) is 121 cm³/mol. The number of carbonyl (C=O) groups excluding carboxylic acids is 2. The third-order valence-corrected chi connectivity index (χ3v) is 5.72. The fourth-order valence-electron chi connectivity index (χ4n) is 3.06. The van der Waals surface area contributed by atoms with Gasteiger partial charge in [0.25, 0.3) is 5.91 Å². The highest BCUT2D eigenvalue weighted by atomic mass is 35.5. The van der Waals surface area contributed by atoms with Crippen LogP contribution in [0, 0.1) is 0 Å². The summed E-state index contributed by atoms with van der Waals surface area (Å²) in [7, 11) is 0. The number of nitrogens with two attached hydrogens (primary N) is 1. The molecule has 156 valence electrons. The number of nitrogens with one attached hydrogen (secondary N) is 1. The molecule has 5 nitrogen and oxygen atoms in total. The molecule has 3 rings (SSSR count). The van der Waals surface area contributed by atoms with E-state index in [0.717, 1.165) is 18.5 Å². The zero-order chi connectivity index (χ0) is 21.3. The van der Waals surface area contributed by atoms with E-state index in [9.17, 15) is 9.59 Å². The Labute approximate surface area is 185 Å². The van der Waals surface area contributed by atoms with Crippen LogP contribution in [0.5, 0.6) is 0 Å². The van der Waals surface area contributed by atoms with Gasteiger partial charge in [-0.2, -0.15) is 0 Å². The highest BCUT2D eigenvalue weighted by Gasteiger charge is 2.24. The van der Waals surface area contributed by atoms with E-state index in [2.05, 4.69) is 17.4 Å².